The van der Waals surface area contributed by atoms with Crippen molar-refractivity contribution in [2.45, 2.75) is 64.9 Å². The molecular weight excluding hydrogens is 236 g/mol. The summed E-state index contributed by atoms with van der Waals surface area (Å²) in [5, 5.41) is 0. The maximum atomic E-state index is 5.79. The Labute approximate surface area is 116 Å². The van der Waals surface area contributed by atoms with Crippen LogP contribution in [0.25, 0.3) is 0 Å². The summed E-state index contributed by atoms with van der Waals surface area (Å²) in [4.78, 5) is 8.37. The predicted molar refractivity (Wildman–Crippen MR) is 76.2 cm³/mol. The van der Waals surface area contributed by atoms with E-state index in [1.165, 1.54) is 42.9 Å². The largest absolute Gasteiger partial charge is 0.378 e. The first-order valence-electron chi connectivity index (χ1n) is 7.90. The molecule has 3 heteroatoms. The van der Waals surface area contributed by atoms with Crippen LogP contribution in [0.3, 0.4) is 0 Å². The van der Waals surface area contributed by atoms with E-state index < -0.39 is 0 Å². The molecule has 1 aromatic heterocycles. The standard InChI is InChI=1S/C16H26N2O/c1-11-9-14-15(10-12(11)2)18-16(17-14)7-6-13-5-3-4-8-19-13/h11-13H,3-10H2,1-2H3,(H,17,18). The van der Waals surface area contributed by atoms with Gasteiger partial charge < -0.3 is 9.72 Å². The minimum Gasteiger partial charge on any atom is -0.378 e. The molecule has 3 unspecified atom stereocenters. The van der Waals surface area contributed by atoms with E-state index in [2.05, 4.69) is 18.8 Å². The van der Waals surface area contributed by atoms with Gasteiger partial charge in [-0.25, -0.2) is 4.98 Å². The first kappa shape index (κ1) is 13.2. The molecule has 1 aliphatic heterocycles. The van der Waals surface area contributed by atoms with Crippen LogP contribution in [-0.2, 0) is 24.0 Å². The summed E-state index contributed by atoms with van der Waals surface area (Å²) in [7, 11) is 0. The molecule has 0 spiro atoms. The molecule has 1 saturated heterocycles. The molecule has 19 heavy (non-hydrogen) atoms. The zero-order valence-electron chi connectivity index (χ0n) is 12.2. The predicted octanol–water partition coefficient (Wildman–Crippen LogP) is 3.28. The summed E-state index contributed by atoms with van der Waals surface area (Å²) in [5.74, 6) is 2.73. The zero-order valence-corrected chi connectivity index (χ0v) is 12.2. The number of nitrogens with one attached hydrogen (secondary N) is 1. The van der Waals surface area contributed by atoms with Gasteiger partial charge in [0.2, 0.25) is 0 Å². The average Bonchev–Trinajstić information content (AvgIpc) is 2.80. The van der Waals surface area contributed by atoms with Crippen molar-refractivity contribution in [1.29, 1.82) is 0 Å². The number of nitrogens with zero attached hydrogens (tertiary/aromatic N) is 1. The van der Waals surface area contributed by atoms with Gasteiger partial charge in [-0.2, -0.15) is 0 Å². The lowest BCUT2D eigenvalue weighted by Crippen LogP contribution is -2.20. The maximum Gasteiger partial charge on any atom is 0.106 e. The quantitative estimate of drug-likeness (QED) is 0.907. The number of ether oxygens (including phenoxy) is 1. The van der Waals surface area contributed by atoms with Crippen LogP contribution >= 0.6 is 0 Å². The van der Waals surface area contributed by atoms with Crippen molar-refractivity contribution in [2.24, 2.45) is 11.8 Å². The summed E-state index contributed by atoms with van der Waals surface area (Å²) in [6, 6.07) is 0. The molecule has 1 aromatic rings. The van der Waals surface area contributed by atoms with Crippen molar-refractivity contribution >= 4 is 0 Å². The van der Waals surface area contributed by atoms with Crippen molar-refractivity contribution in [1.82, 2.24) is 9.97 Å². The van der Waals surface area contributed by atoms with Crippen LogP contribution in [0.2, 0.25) is 0 Å². The van der Waals surface area contributed by atoms with E-state index in [4.69, 9.17) is 9.72 Å². The normalized spacial score (nSPS) is 31.2. The molecule has 3 nitrogen and oxygen atoms in total. The van der Waals surface area contributed by atoms with Gasteiger partial charge in [-0.15, -0.1) is 0 Å². The lowest BCUT2D eigenvalue weighted by atomic mass is 9.82. The van der Waals surface area contributed by atoms with Gasteiger partial charge in [0.25, 0.3) is 0 Å². The third kappa shape index (κ3) is 3.02. The number of aromatic nitrogens is 2. The lowest BCUT2D eigenvalue weighted by Gasteiger charge is -2.24. The van der Waals surface area contributed by atoms with Gasteiger partial charge in [-0.05, 0) is 50.4 Å². The molecule has 3 rings (SSSR count). The summed E-state index contributed by atoms with van der Waals surface area (Å²) >= 11 is 0. The van der Waals surface area contributed by atoms with Crippen LogP contribution in [0.1, 0.15) is 56.7 Å². The van der Waals surface area contributed by atoms with Gasteiger partial charge in [0.1, 0.15) is 5.82 Å². The molecule has 0 aromatic carbocycles. The smallest absolute Gasteiger partial charge is 0.106 e. The number of aryl methyl sites for hydroxylation is 1. The Hall–Kier alpha value is -0.830. The Morgan fingerprint density at radius 1 is 1.21 bits per heavy atom. The molecule has 2 heterocycles. The second-order valence-corrected chi connectivity index (χ2v) is 6.50. The molecular formula is C16H26N2O. The van der Waals surface area contributed by atoms with Crippen molar-refractivity contribution in [2.75, 3.05) is 6.61 Å². The fourth-order valence-electron chi connectivity index (χ4n) is 3.32. The highest BCUT2D eigenvalue weighted by molar-refractivity contribution is 5.19. The molecule has 1 aliphatic carbocycles. The molecule has 0 amide bonds. The van der Waals surface area contributed by atoms with E-state index in [0.717, 1.165) is 37.7 Å². The van der Waals surface area contributed by atoms with E-state index in [1.54, 1.807) is 0 Å². The van der Waals surface area contributed by atoms with E-state index in [0.29, 0.717) is 6.10 Å². The van der Waals surface area contributed by atoms with E-state index in [9.17, 15) is 0 Å². The number of H-pyrrole nitrogens is 1. The molecule has 0 radical (unpaired) electrons. The molecule has 0 saturated carbocycles. The maximum absolute atomic E-state index is 5.79. The molecule has 0 bridgehead atoms. The van der Waals surface area contributed by atoms with Crippen molar-refractivity contribution in [3.8, 4) is 0 Å². The number of fused-ring (bicyclic) bond motifs is 1. The summed E-state index contributed by atoms with van der Waals surface area (Å²) in [5.41, 5.74) is 2.72. The fraction of sp³-hybridized carbons (Fsp3) is 0.812. The summed E-state index contributed by atoms with van der Waals surface area (Å²) < 4.78 is 5.79. The van der Waals surface area contributed by atoms with Gasteiger partial charge >= 0.3 is 0 Å². The minimum atomic E-state index is 0.466. The third-order valence-corrected chi connectivity index (χ3v) is 4.90. The topological polar surface area (TPSA) is 37.9 Å². The number of hydrogen-bond acceptors (Lipinski definition) is 2. The van der Waals surface area contributed by atoms with Gasteiger partial charge in [-0.1, -0.05) is 13.8 Å². The Bertz CT molecular complexity index is 393. The van der Waals surface area contributed by atoms with E-state index >= 15 is 0 Å². The van der Waals surface area contributed by atoms with Crippen LogP contribution in [-0.4, -0.2) is 22.7 Å². The first-order chi connectivity index (χ1) is 9.22. The Kier molecular flexibility index (Phi) is 3.92. The van der Waals surface area contributed by atoms with Crippen molar-refractivity contribution < 1.29 is 4.74 Å². The van der Waals surface area contributed by atoms with E-state index in [-0.39, 0.29) is 0 Å². The molecule has 1 N–H and O–H groups in total. The number of imidazole rings is 1. The third-order valence-electron chi connectivity index (χ3n) is 4.90. The Balaban J connectivity index is 1.58. The Morgan fingerprint density at radius 2 is 2.05 bits per heavy atom. The lowest BCUT2D eigenvalue weighted by molar-refractivity contribution is 0.0112. The molecule has 1 fully saturated rings. The number of aromatic amines is 1. The van der Waals surface area contributed by atoms with Crippen molar-refractivity contribution in [3.63, 3.8) is 0 Å². The van der Waals surface area contributed by atoms with Gasteiger partial charge in [-0.3, -0.25) is 0 Å². The Morgan fingerprint density at radius 3 is 2.84 bits per heavy atom. The van der Waals surface area contributed by atoms with Crippen LogP contribution in [0.15, 0.2) is 0 Å². The van der Waals surface area contributed by atoms with Crippen LogP contribution in [0.4, 0.5) is 0 Å². The highest BCUT2D eigenvalue weighted by atomic mass is 16.5. The molecule has 3 atom stereocenters. The highest BCUT2D eigenvalue weighted by Gasteiger charge is 2.25. The van der Waals surface area contributed by atoms with Gasteiger partial charge in [0, 0.05) is 18.7 Å². The van der Waals surface area contributed by atoms with Gasteiger partial charge in [0.05, 0.1) is 11.8 Å². The second kappa shape index (κ2) is 5.66. The van der Waals surface area contributed by atoms with Crippen LogP contribution < -0.4 is 0 Å². The number of rotatable bonds is 3. The van der Waals surface area contributed by atoms with Gasteiger partial charge in [0.15, 0.2) is 0 Å². The summed E-state index contributed by atoms with van der Waals surface area (Å²) in [6.45, 7) is 5.65. The monoisotopic (exact) mass is 262 g/mol. The SMILES string of the molecule is CC1Cc2nc(CCC3CCCCO3)[nH]c2CC1C. The van der Waals surface area contributed by atoms with Crippen LogP contribution in [0, 0.1) is 11.8 Å². The first-order valence-corrected chi connectivity index (χ1v) is 7.90. The van der Waals surface area contributed by atoms with Crippen LogP contribution in [0.5, 0.6) is 0 Å². The minimum absolute atomic E-state index is 0.466. The second-order valence-electron chi connectivity index (χ2n) is 6.50. The average molecular weight is 262 g/mol. The molecule has 106 valence electrons. The summed E-state index contributed by atoms with van der Waals surface area (Å²) in [6.07, 6.45) is 8.74. The highest BCUT2D eigenvalue weighted by Crippen LogP contribution is 2.28. The number of hydrogen-bond donors (Lipinski definition) is 1. The zero-order chi connectivity index (χ0) is 13.2. The van der Waals surface area contributed by atoms with Crippen molar-refractivity contribution in [3.05, 3.63) is 17.2 Å². The molecule has 2 aliphatic rings. The van der Waals surface area contributed by atoms with E-state index in [1.807, 2.05) is 0 Å². The fourth-order valence-corrected chi connectivity index (χ4v) is 3.32.